The molecule has 0 bridgehead atoms. The number of sulfonamides is 1. The molecule has 0 aromatic rings. The number of nitrogens with one attached hydrogen (secondary N) is 1. The Hall–Kier alpha value is -1.67. The van der Waals surface area contributed by atoms with Crippen molar-refractivity contribution in [3.63, 3.8) is 0 Å². The molecule has 13 heteroatoms. The van der Waals surface area contributed by atoms with E-state index in [0.29, 0.717) is 45.5 Å². The third-order valence-corrected chi connectivity index (χ3v) is 8.46. The summed E-state index contributed by atoms with van der Waals surface area (Å²) in [5, 5.41) is -0.575. The fourth-order valence-corrected chi connectivity index (χ4v) is 6.14. The summed E-state index contributed by atoms with van der Waals surface area (Å²) in [6.07, 6.45) is -0.755. The second-order valence-electron chi connectivity index (χ2n) is 9.62. The Balaban J connectivity index is 1.74. The van der Waals surface area contributed by atoms with Crippen LogP contribution in [0.5, 0.6) is 0 Å². The number of aliphatic imine (C=N–C) groups is 1. The molecule has 2 saturated carbocycles. The predicted molar refractivity (Wildman–Crippen MR) is 137 cm³/mol. The van der Waals surface area contributed by atoms with Crippen LogP contribution in [-0.2, 0) is 29.0 Å². The molecule has 0 spiro atoms. The number of amides is 1. The van der Waals surface area contributed by atoms with E-state index in [1.807, 2.05) is 6.92 Å². The van der Waals surface area contributed by atoms with Gasteiger partial charge in [0.2, 0.25) is 10.0 Å². The summed E-state index contributed by atoms with van der Waals surface area (Å²) in [5.41, 5.74) is 10.6. The Bertz CT molecular complexity index is 864. The number of hydrogen-bond donors (Lipinski definition) is 3. The lowest BCUT2D eigenvalue weighted by atomic mass is 9.83. The highest BCUT2D eigenvalue weighted by Gasteiger charge is 2.41. The van der Waals surface area contributed by atoms with Gasteiger partial charge >= 0.3 is 0 Å². The van der Waals surface area contributed by atoms with Gasteiger partial charge in [-0.2, -0.15) is 4.99 Å². The average molecular weight is 553 g/mol. The van der Waals surface area contributed by atoms with E-state index in [1.54, 1.807) is 0 Å². The van der Waals surface area contributed by atoms with Crippen LogP contribution in [0.2, 0.25) is 0 Å². The van der Waals surface area contributed by atoms with Crippen molar-refractivity contribution < 1.29 is 36.2 Å². The zero-order chi connectivity index (χ0) is 27.4. The van der Waals surface area contributed by atoms with Crippen LogP contribution in [0.25, 0.3) is 0 Å². The normalized spacial score (nSPS) is 29.1. The number of carbonyl (C=O) groups is 1. The van der Waals surface area contributed by atoms with Crippen LogP contribution in [0.15, 0.2) is 16.6 Å². The van der Waals surface area contributed by atoms with Crippen molar-refractivity contribution in [2.24, 2.45) is 22.4 Å². The molecule has 2 fully saturated rings. The molecule has 2 rings (SSSR count). The van der Waals surface area contributed by atoms with E-state index in [4.69, 9.17) is 25.7 Å². The number of hydrogen-bond acceptors (Lipinski definition) is 6. The van der Waals surface area contributed by atoms with Crippen molar-refractivity contribution in [3.05, 3.63) is 11.6 Å². The lowest BCUT2D eigenvalue weighted by molar-refractivity contribution is -0.118. The van der Waals surface area contributed by atoms with Gasteiger partial charge in [0, 0.05) is 18.7 Å². The standard InChI is InChI=1S/C24H42F2N4O6S/c1-3-9-34-11-12-35-10-8-29-37(32,33)19-6-4-18(5-7-19)36-22-20(25)14-17(15-21(22)26)13-16(2)23(31)30-24(27)28/h13,17-22,29H,3-12,14-15H2,1-2H3,(H4,27,28,30,31)/b16-13+. The van der Waals surface area contributed by atoms with Crippen LogP contribution in [0.4, 0.5) is 8.78 Å². The molecule has 37 heavy (non-hydrogen) atoms. The van der Waals surface area contributed by atoms with Crippen molar-refractivity contribution in [2.75, 3.05) is 33.0 Å². The molecular weight excluding hydrogens is 510 g/mol. The molecule has 0 aromatic heterocycles. The minimum absolute atomic E-state index is 0.0119. The third kappa shape index (κ3) is 10.9. The first-order valence-corrected chi connectivity index (χ1v) is 14.5. The second-order valence-corrected chi connectivity index (χ2v) is 11.7. The summed E-state index contributed by atoms with van der Waals surface area (Å²) in [4.78, 5) is 15.3. The minimum atomic E-state index is -3.52. The highest BCUT2D eigenvalue weighted by molar-refractivity contribution is 7.90. The molecule has 5 N–H and O–H groups in total. The van der Waals surface area contributed by atoms with Crippen LogP contribution in [0, 0.1) is 5.92 Å². The van der Waals surface area contributed by atoms with Gasteiger partial charge in [-0.1, -0.05) is 13.0 Å². The van der Waals surface area contributed by atoms with E-state index in [0.717, 1.165) is 6.42 Å². The lowest BCUT2D eigenvalue weighted by Crippen LogP contribution is -2.45. The molecule has 0 heterocycles. The van der Waals surface area contributed by atoms with Gasteiger partial charge in [-0.25, -0.2) is 21.9 Å². The molecule has 2 unspecified atom stereocenters. The van der Waals surface area contributed by atoms with E-state index in [9.17, 15) is 22.0 Å². The van der Waals surface area contributed by atoms with Crippen molar-refractivity contribution in [1.82, 2.24) is 4.72 Å². The summed E-state index contributed by atoms with van der Waals surface area (Å²) < 4.78 is 73.9. The number of nitrogens with zero attached hydrogens (tertiary/aromatic N) is 1. The van der Waals surface area contributed by atoms with Crippen LogP contribution in [0.3, 0.4) is 0 Å². The fourth-order valence-electron chi connectivity index (χ4n) is 4.65. The van der Waals surface area contributed by atoms with E-state index in [-0.39, 0.29) is 37.5 Å². The summed E-state index contributed by atoms with van der Waals surface area (Å²) in [7, 11) is -3.52. The van der Waals surface area contributed by atoms with Crippen LogP contribution in [0.1, 0.15) is 58.8 Å². The van der Waals surface area contributed by atoms with Crippen molar-refractivity contribution >= 4 is 21.9 Å². The Labute approximate surface area is 218 Å². The molecule has 10 nitrogen and oxygen atoms in total. The zero-order valence-corrected chi connectivity index (χ0v) is 22.6. The van der Waals surface area contributed by atoms with Gasteiger partial charge in [0.25, 0.3) is 5.91 Å². The van der Waals surface area contributed by atoms with Crippen molar-refractivity contribution in [3.8, 4) is 0 Å². The largest absolute Gasteiger partial charge is 0.379 e. The smallest absolute Gasteiger partial charge is 0.275 e. The molecule has 0 aliphatic heterocycles. The maximum absolute atomic E-state index is 14.8. The highest BCUT2D eigenvalue weighted by atomic mass is 32.2. The Morgan fingerprint density at radius 3 is 2.19 bits per heavy atom. The van der Waals surface area contributed by atoms with Gasteiger partial charge < -0.3 is 25.7 Å². The minimum Gasteiger partial charge on any atom is -0.379 e. The van der Waals surface area contributed by atoms with Crippen LogP contribution >= 0.6 is 0 Å². The summed E-state index contributed by atoms with van der Waals surface area (Å²) in [5.74, 6) is -1.50. The first-order valence-electron chi connectivity index (χ1n) is 12.9. The molecule has 0 saturated heterocycles. The zero-order valence-electron chi connectivity index (χ0n) is 21.7. The molecule has 1 amide bonds. The molecule has 2 aliphatic carbocycles. The molecule has 2 atom stereocenters. The molecule has 0 radical (unpaired) electrons. The molecule has 0 aromatic carbocycles. The number of halogens is 2. The number of rotatable bonds is 14. The van der Waals surface area contributed by atoms with Gasteiger partial charge in [-0.05, 0) is 57.8 Å². The maximum atomic E-state index is 14.8. The van der Waals surface area contributed by atoms with Crippen LogP contribution in [-0.4, -0.2) is 83.1 Å². The molecular formula is C24H42F2N4O6S. The Kier molecular flexibility index (Phi) is 13.4. The SMILES string of the molecule is CCCOCCOCCNS(=O)(=O)C1CCC(OC2C(F)CC(/C=C(\C)C(=O)N=C(N)N)CC2F)CC1. The van der Waals surface area contributed by atoms with Gasteiger partial charge in [0.1, 0.15) is 18.4 Å². The molecule has 2 aliphatic rings. The van der Waals surface area contributed by atoms with E-state index in [2.05, 4.69) is 9.71 Å². The van der Waals surface area contributed by atoms with E-state index < -0.39 is 51.6 Å². The highest BCUT2D eigenvalue weighted by Crippen LogP contribution is 2.35. The van der Waals surface area contributed by atoms with Gasteiger partial charge in [0.15, 0.2) is 5.96 Å². The Morgan fingerprint density at radius 2 is 1.62 bits per heavy atom. The summed E-state index contributed by atoms with van der Waals surface area (Å²) >= 11 is 0. The Morgan fingerprint density at radius 1 is 1.03 bits per heavy atom. The lowest BCUT2D eigenvalue weighted by Gasteiger charge is -2.37. The third-order valence-electron chi connectivity index (χ3n) is 6.50. The summed E-state index contributed by atoms with van der Waals surface area (Å²) in [6, 6.07) is 0. The monoisotopic (exact) mass is 552 g/mol. The van der Waals surface area contributed by atoms with Gasteiger partial charge in [-0.3, -0.25) is 4.79 Å². The predicted octanol–water partition coefficient (Wildman–Crippen LogP) is 1.88. The van der Waals surface area contributed by atoms with Gasteiger partial charge in [-0.15, -0.1) is 0 Å². The summed E-state index contributed by atoms with van der Waals surface area (Å²) in [6.45, 7) is 5.49. The topological polar surface area (TPSA) is 155 Å². The molecule has 214 valence electrons. The van der Waals surface area contributed by atoms with Crippen molar-refractivity contribution in [1.29, 1.82) is 0 Å². The first-order chi connectivity index (χ1) is 17.5. The van der Waals surface area contributed by atoms with E-state index >= 15 is 0 Å². The van der Waals surface area contributed by atoms with Gasteiger partial charge in [0.05, 0.1) is 31.2 Å². The second kappa shape index (κ2) is 15.7. The van der Waals surface area contributed by atoms with E-state index in [1.165, 1.54) is 13.0 Å². The number of allylic oxidation sites excluding steroid dienone is 1. The average Bonchev–Trinajstić information content (AvgIpc) is 2.83. The van der Waals surface area contributed by atoms with Crippen LogP contribution < -0.4 is 16.2 Å². The number of guanidine groups is 1. The fraction of sp³-hybridized carbons (Fsp3) is 0.833. The maximum Gasteiger partial charge on any atom is 0.275 e. The van der Waals surface area contributed by atoms with Crippen molar-refractivity contribution in [2.45, 2.75) is 88.6 Å². The number of nitrogens with two attached hydrogens (primary N) is 2. The number of ether oxygens (including phenoxy) is 3. The number of alkyl halides is 2. The number of carbonyl (C=O) groups excluding carboxylic acids is 1. The quantitative estimate of drug-likeness (QED) is 0.128. The first kappa shape index (κ1) is 31.5.